The van der Waals surface area contributed by atoms with E-state index in [1.165, 1.54) is 5.56 Å². The average Bonchev–Trinajstić information content (AvgIpc) is 3.45. The van der Waals surface area contributed by atoms with E-state index in [4.69, 9.17) is 0 Å². The Hall–Kier alpha value is -2.88. The molecular weight excluding hydrogens is 312 g/mol. The topological polar surface area (TPSA) is 62.0 Å². The number of hydrogen-bond donors (Lipinski definition) is 2. The zero-order valence-electron chi connectivity index (χ0n) is 14.1. The number of aromatic amines is 1. The minimum Gasteiger partial charge on any atom is -0.344 e. The van der Waals surface area contributed by atoms with E-state index in [1.54, 1.807) is 12.1 Å². The first kappa shape index (κ1) is 15.6. The van der Waals surface area contributed by atoms with Gasteiger partial charge in [0.15, 0.2) is 0 Å². The Morgan fingerprint density at radius 3 is 2.56 bits per heavy atom. The summed E-state index contributed by atoms with van der Waals surface area (Å²) in [6.07, 6.45) is 2.24. The molecule has 1 aliphatic rings. The molecule has 3 aromatic rings. The van der Waals surface area contributed by atoms with Gasteiger partial charge in [-0.05, 0) is 48.8 Å². The molecule has 4 nitrogen and oxygen atoms in total. The van der Waals surface area contributed by atoms with Gasteiger partial charge in [0.05, 0.1) is 6.04 Å². The molecular formula is C21H20N2O2. The van der Waals surface area contributed by atoms with Gasteiger partial charge < -0.3 is 10.3 Å². The lowest BCUT2D eigenvalue weighted by molar-refractivity contribution is 0.0926. The summed E-state index contributed by atoms with van der Waals surface area (Å²) in [6, 6.07) is 17.3. The summed E-state index contributed by atoms with van der Waals surface area (Å²) in [6.45, 7) is 2.05. The first-order valence-electron chi connectivity index (χ1n) is 8.61. The second-order valence-electron chi connectivity index (χ2n) is 6.80. The standard InChI is InChI=1S/C21H20N2O2/c1-13-6-8-14(9-7-13)19(15-10-11-15)23-21(25)18-12-16-4-2-3-5-17(16)20(24)22-18/h2-9,12,15,19H,10-11H2,1H3,(H,22,24)(H,23,25). The van der Waals surface area contributed by atoms with Crippen molar-refractivity contribution < 1.29 is 4.79 Å². The Balaban J connectivity index is 1.64. The van der Waals surface area contributed by atoms with E-state index in [1.807, 2.05) is 25.1 Å². The van der Waals surface area contributed by atoms with Crippen molar-refractivity contribution in [1.82, 2.24) is 10.3 Å². The van der Waals surface area contributed by atoms with Crippen LogP contribution in [0.4, 0.5) is 0 Å². The number of pyridine rings is 1. The fraction of sp³-hybridized carbons (Fsp3) is 0.238. The number of fused-ring (bicyclic) bond motifs is 1. The van der Waals surface area contributed by atoms with E-state index < -0.39 is 0 Å². The highest BCUT2D eigenvalue weighted by Gasteiger charge is 2.33. The van der Waals surface area contributed by atoms with E-state index in [0.29, 0.717) is 17.0 Å². The van der Waals surface area contributed by atoms with Crippen LogP contribution < -0.4 is 10.9 Å². The van der Waals surface area contributed by atoms with Crippen LogP contribution in [0.2, 0.25) is 0 Å². The maximum atomic E-state index is 12.7. The number of nitrogens with one attached hydrogen (secondary N) is 2. The minimum atomic E-state index is -0.236. The Morgan fingerprint density at radius 1 is 1.12 bits per heavy atom. The van der Waals surface area contributed by atoms with Gasteiger partial charge in [-0.15, -0.1) is 0 Å². The number of amides is 1. The lowest BCUT2D eigenvalue weighted by Gasteiger charge is -2.19. The summed E-state index contributed by atoms with van der Waals surface area (Å²) in [4.78, 5) is 27.7. The normalized spacial score (nSPS) is 15.1. The van der Waals surface area contributed by atoms with Gasteiger partial charge in [0.1, 0.15) is 5.69 Å². The number of H-pyrrole nitrogens is 1. The van der Waals surface area contributed by atoms with E-state index >= 15 is 0 Å². The molecule has 1 atom stereocenters. The number of aromatic nitrogens is 1. The van der Waals surface area contributed by atoms with Crippen molar-refractivity contribution in [1.29, 1.82) is 0 Å². The van der Waals surface area contributed by atoms with Crippen molar-refractivity contribution in [3.8, 4) is 0 Å². The van der Waals surface area contributed by atoms with Gasteiger partial charge in [-0.3, -0.25) is 9.59 Å². The smallest absolute Gasteiger partial charge is 0.268 e. The van der Waals surface area contributed by atoms with Crippen LogP contribution in [0.5, 0.6) is 0 Å². The molecule has 0 radical (unpaired) electrons. The maximum Gasteiger partial charge on any atom is 0.268 e. The molecule has 1 heterocycles. The van der Waals surface area contributed by atoms with Crippen LogP contribution in [-0.4, -0.2) is 10.9 Å². The van der Waals surface area contributed by atoms with Gasteiger partial charge >= 0.3 is 0 Å². The van der Waals surface area contributed by atoms with Crippen LogP contribution in [0.15, 0.2) is 59.4 Å². The third-order valence-electron chi connectivity index (χ3n) is 4.81. The molecule has 4 rings (SSSR count). The van der Waals surface area contributed by atoms with Crippen molar-refractivity contribution in [2.24, 2.45) is 5.92 Å². The lowest BCUT2D eigenvalue weighted by atomic mass is 10.0. The second-order valence-corrected chi connectivity index (χ2v) is 6.80. The van der Waals surface area contributed by atoms with E-state index in [0.717, 1.165) is 23.8 Å². The van der Waals surface area contributed by atoms with Crippen LogP contribution in [0.3, 0.4) is 0 Å². The molecule has 1 amide bonds. The summed E-state index contributed by atoms with van der Waals surface area (Å²) in [5.41, 5.74) is 2.39. The van der Waals surface area contributed by atoms with E-state index in [-0.39, 0.29) is 17.5 Å². The molecule has 1 saturated carbocycles. The molecule has 126 valence electrons. The first-order chi connectivity index (χ1) is 12.1. The highest BCUT2D eigenvalue weighted by Crippen LogP contribution is 2.41. The average molecular weight is 332 g/mol. The van der Waals surface area contributed by atoms with Crippen LogP contribution in [0, 0.1) is 12.8 Å². The molecule has 25 heavy (non-hydrogen) atoms. The number of benzene rings is 2. The third-order valence-corrected chi connectivity index (χ3v) is 4.81. The maximum absolute atomic E-state index is 12.7. The molecule has 1 aromatic heterocycles. The second kappa shape index (κ2) is 6.20. The Morgan fingerprint density at radius 2 is 1.84 bits per heavy atom. The van der Waals surface area contributed by atoms with Crippen molar-refractivity contribution >= 4 is 16.7 Å². The van der Waals surface area contributed by atoms with Crippen LogP contribution in [-0.2, 0) is 0 Å². The van der Waals surface area contributed by atoms with Crippen molar-refractivity contribution in [2.45, 2.75) is 25.8 Å². The zero-order valence-corrected chi connectivity index (χ0v) is 14.1. The van der Waals surface area contributed by atoms with E-state index in [2.05, 4.69) is 34.6 Å². The van der Waals surface area contributed by atoms with Crippen LogP contribution in [0.25, 0.3) is 10.8 Å². The Bertz CT molecular complexity index is 985. The van der Waals surface area contributed by atoms with Crippen LogP contribution >= 0.6 is 0 Å². The largest absolute Gasteiger partial charge is 0.344 e. The third kappa shape index (κ3) is 3.20. The van der Waals surface area contributed by atoms with Gasteiger partial charge in [-0.25, -0.2) is 0 Å². The summed E-state index contributed by atoms with van der Waals surface area (Å²) >= 11 is 0. The fourth-order valence-electron chi connectivity index (χ4n) is 3.23. The summed E-state index contributed by atoms with van der Waals surface area (Å²) in [5.74, 6) is 0.235. The predicted octanol–water partition coefficient (Wildman–Crippen LogP) is 3.72. The van der Waals surface area contributed by atoms with Crippen LogP contribution in [0.1, 0.15) is 40.5 Å². The molecule has 1 unspecified atom stereocenters. The summed E-state index contributed by atoms with van der Waals surface area (Å²) in [7, 11) is 0. The molecule has 1 fully saturated rings. The highest BCUT2D eigenvalue weighted by molar-refractivity contribution is 5.96. The molecule has 0 bridgehead atoms. The molecule has 1 aliphatic carbocycles. The predicted molar refractivity (Wildman–Crippen MR) is 98.7 cm³/mol. The molecule has 0 saturated heterocycles. The number of carbonyl (C=O) groups is 1. The van der Waals surface area contributed by atoms with Gasteiger partial charge in [-0.2, -0.15) is 0 Å². The first-order valence-corrected chi connectivity index (χ1v) is 8.61. The molecule has 0 aliphatic heterocycles. The molecule has 2 aromatic carbocycles. The van der Waals surface area contributed by atoms with Crippen molar-refractivity contribution in [3.63, 3.8) is 0 Å². The molecule has 0 spiro atoms. The van der Waals surface area contributed by atoms with Gasteiger partial charge in [0, 0.05) is 5.39 Å². The number of carbonyl (C=O) groups excluding carboxylic acids is 1. The fourth-order valence-corrected chi connectivity index (χ4v) is 3.23. The molecule has 4 heteroatoms. The van der Waals surface area contributed by atoms with Gasteiger partial charge in [0.25, 0.3) is 11.5 Å². The Kier molecular flexibility index (Phi) is 3.88. The lowest BCUT2D eigenvalue weighted by Crippen LogP contribution is -2.31. The number of rotatable bonds is 4. The summed E-state index contributed by atoms with van der Waals surface area (Å²) in [5, 5.41) is 4.48. The minimum absolute atomic E-state index is 0.0110. The summed E-state index contributed by atoms with van der Waals surface area (Å²) < 4.78 is 0. The van der Waals surface area contributed by atoms with E-state index in [9.17, 15) is 9.59 Å². The number of hydrogen-bond acceptors (Lipinski definition) is 2. The molecule has 2 N–H and O–H groups in total. The van der Waals surface area contributed by atoms with Crippen molar-refractivity contribution in [3.05, 3.63) is 81.8 Å². The monoisotopic (exact) mass is 332 g/mol. The highest BCUT2D eigenvalue weighted by atomic mass is 16.2. The quantitative estimate of drug-likeness (QED) is 0.765. The van der Waals surface area contributed by atoms with Gasteiger partial charge in [-0.1, -0.05) is 48.0 Å². The number of aryl methyl sites for hydroxylation is 1. The Labute approximate surface area is 145 Å². The van der Waals surface area contributed by atoms with Crippen molar-refractivity contribution in [2.75, 3.05) is 0 Å². The van der Waals surface area contributed by atoms with Gasteiger partial charge in [0.2, 0.25) is 0 Å². The SMILES string of the molecule is Cc1ccc(C(NC(=O)c2cc3ccccc3c(=O)[nH]2)C2CC2)cc1. The zero-order chi connectivity index (χ0) is 17.4.